The van der Waals surface area contributed by atoms with Gasteiger partial charge >= 0.3 is 0 Å². The molecule has 82 valence electrons. The summed E-state index contributed by atoms with van der Waals surface area (Å²) in [5.41, 5.74) is 5.48. The Balaban J connectivity index is 1.94. The van der Waals surface area contributed by atoms with Gasteiger partial charge in [-0.1, -0.05) is 11.6 Å². The molecule has 0 spiro atoms. The molecule has 1 fully saturated rings. The third-order valence-corrected chi connectivity index (χ3v) is 2.69. The maximum atomic E-state index is 5.75. The molecule has 3 N–H and O–H groups in total. The second kappa shape index (κ2) is 4.20. The van der Waals surface area contributed by atoms with E-state index in [9.17, 15) is 0 Å². The fourth-order valence-corrected chi connectivity index (χ4v) is 1.78. The standard InChI is InChI=1S/C9H13ClN4O/c1-15-6-2-5(3-6)12-8-4-7(10)13-9(11)14-8/h4-6H,2-3H2,1H3,(H3,11,12,13,14). The second-order valence-electron chi connectivity index (χ2n) is 3.60. The first kappa shape index (κ1) is 10.4. The van der Waals surface area contributed by atoms with E-state index < -0.39 is 0 Å². The largest absolute Gasteiger partial charge is 0.381 e. The van der Waals surface area contributed by atoms with Crippen molar-refractivity contribution >= 4 is 23.4 Å². The molecular weight excluding hydrogens is 216 g/mol. The van der Waals surface area contributed by atoms with Gasteiger partial charge in [-0.3, -0.25) is 0 Å². The Bertz CT molecular complexity index is 334. The van der Waals surface area contributed by atoms with Crippen molar-refractivity contribution in [2.24, 2.45) is 0 Å². The van der Waals surface area contributed by atoms with Gasteiger partial charge in [0, 0.05) is 19.2 Å². The van der Waals surface area contributed by atoms with Crippen LogP contribution in [0.1, 0.15) is 12.8 Å². The van der Waals surface area contributed by atoms with E-state index in [-0.39, 0.29) is 5.95 Å². The van der Waals surface area contributed by atoms with E-state index in [1.54, 1.807) is 13.2 Å². The number of nitrogens with zero attached hydrogens (tertiary/aromatic N) is 2. The van der Waals surface area contributed by atoms with Crippen molar-refractivity contribution in [3.63, 3.8) is 0 Å². The van der Waals surface area contributed by atoms with E-state index in [0.717, 1.165) is 12.8 Å². The van der Waals surface area contributed by atoms with Gasteiger partial charge < -0.3 is 15.8 Å². The molecule has 5 nitrogen and oxygen atoms in total. The molecule has 1 aliphatic rings. The number of ether oxygens (including phenoxy) is 1. The van der Waals surface area contributed by atoms with Crippen LogP contribution in [-0.4, -0.2) is 29.2 Å². The van der Waals surface area contributed by atoms with Gasteiger partial charge in [-0.15, -0.1) is 0 Å². The molecule has 1 heterocycles. The van der Waals surface area contributed by atoms with Crippen molar-refractivity contribution in [2.45, 2.75) is 25.0 Å². The van der Waals surface area contributed by atoms with Crippen LogP contribution >= 0.6 is 11.6 Å². The first-order valence-corrected chi connectivity index (χ1v) is 5.14. The highest BCUT2D eigenvalue weighted by atomic mass is 35.5. The molecule has 0 unspecified atom stereocenters. The molecular formula is C9H13ClN4O. The van der Waals surface area contributed by atoms with E-state index in [1.165, 1.54) is 0 Å². The summed E-state index contributed by atoms with van der Waals surface area (Å²) in [7, 11) is 1.72. The predicted molar refractivity (Wildman–Crippen MR) is 58.9 cm³/mol. The van der Waals surface area contributed by atoms with Crippen molar-refractivity contribution in [1.29, 1.82) is 0 Å². The van der Waals surface area contributed by atoms with E-state index >= 15 is 0 Å². The normalized spacial score (nSPS) is 24.7. The van der Waals surface area contributed by atoms with Crippen LogP contribution in [0.5, 0.6) is 0 Å². The summed E-state index contributed by atoms with van der Waals surface area (Å²) in [5.74, 6) is 0.861. The minimum Gasteiger partial charge on any atom is -0.381 e. The number of nitrogen functional groups attached to an aromatic ring is 1. The molecule has 0 aromatic carbocycles. The molecule has 1 aliphatic carbocycles. The minimum atomic E-state index is 0.188. The summed E-state index contributed by atoms with van der Waals surface area (Å²) in [6.45, 7) is 0. The number of nitrogens with one attached hydrogen (secondary N) is 1. The molecule has 0 saturated heterocycles. The maximum Gasteiger partial charge on any atom is 0.223 e. The number of halogens is 1. The molecule has 0 radical (unpaired) electrons. The van der Waals surface area contributed by atoms with E-state index in [0.29, 0.717) is 23.1 Å². The number of aromatic nitrogens is 2. The van der Waals surface area contributed by atoms with Crippen LogP contribution in [0.3, 0.4) is 0 Å². The highest BCUT2D eigenvalue weighted by Crippen LogP contribution is 2.26. The Morgan fingerprint density at radius 3 is 2.87 bits per heavy atom. The number of anilines is 2. The third kappa shape index (κ3) is 2.49. The minimum absolute atomic E-state index is 0.188. The van der Waals surface area contributed by atoms with Crippen LogP contribution < -0.4 is 11.1 Å². The molecule has 2 rings (SSSR count). The van der Waals surface area contributed by atoms with E-state index in [4.69, 9.17) is 22.1 Å². The first-order chi connectivity index (χ1) is 7.17. The van der Waals surface area contributed by atoms with Crippen molar-refractivity contribution < 1.29 is 4.74 Å². The first-order valence-electron chi connectivity index (χ1n) is 4.77. The lowest BCUT2D eigenvalue weighted by atomic mass is 9.89. The van der Waals surface area contributed by atoms with Gasteiger partial charge in [0.15, 0.2) is 0 Å². The number of hydrogen-bond donors (Lipinski definition) is 2. The SMILES string of the molecule is COC1CC(Nc2cc(Cl)nc(N)n2)C1. The Kier molecular flexibility index (Phi) is 2.93. The number of hydrogen-bond acceptors (Lipinski definition) is 5. The lowest BCUT2D eigenvalue weighted by Gasteiger charge is -2.34. The van der Waals surface area contributed by atoms with Gasteiger partial charge in [-0.05, 0) is 12.8 Å². The quantitative estimate of drug-likeness (QED) is 0.763. The van der Waals surface area contributed by atoms with E-state index in [1.807, 2.05) is 0 Å². The number of nitrogens with two attached hydrogens (primary N) is 1. The monoisotopic (exact) mass is 228 g/mol. The smallest absolute Gasteiger partial charge is 0.223 e. The molecule has 15 heavy (non-hydrogen) atoms. The second-order valence-corrected chi connectivity index (χ2v) is 3.99. The van der Waals surface area contributed by atoms with Gasteiger partial charge in [0.1, 0.15) is 11.0 Å². The van der Waals surface area contributed by atoms with Crippen LogP contribution in [-0.2, 0) is 4.74 Å². The number of rotatable bonds is 3. The molecule has 1 aromatic heterocycles. The fourth-order valence-electron chi connectivity index (χ4n) is 1.59. The lowest BCUT2D eigenvalue weighted by Crippen LogP contribution is -2.40. The summed E-state index contributed by atoms with van der Waals surface area (Å²) in [6.07, 6.45) is 2.33. The van der Waals surface area contributed by atoms with Crippen molar-refractivity contribution in [3.8, 4) is 0 Å². The van der Waals surface area contributed by atoms with Crippen molar-refractivity contribution in [3.05, 3.63) is 11.2 Å². The zero-order valence-corrected chi connectivity index (χ0v) is 9.16. The molecule has 0 atom stereocenters. The summed E-state index contributed by atoms with van der Waals surface area (Å²) >= 11 is 5.75. The van der Waals surface area contributed by atoms with Crippen LogP contribution in [0.15, 0.2) is 6.07 Å². The predicted octanol–water partition coefficient (Wildman–Crippen LogP) is 1.30. The average Bonchev–Trinajstić information content (AvgIpc) is 2.08. The Hall–Kier alpha value is -1.07. The number of methoxy groups -OCH3 is 1. The topological polar surface area (TPSA) is 73.1 Å². The maximum absolute atomic E-state index is 5.75. The van der Waals surface area contributed by atoms with Crippen LogP contribution in [0, 0.1) is 0 Å². The summed E-state index contributed by atoms with van der Waals surface area (Å²) in [5, 5.41) is 3.58. The molecule has 1 saturated carbocycles. The van der Waals surface area contributed by atoms with Crippen LogP contribution in [0.25, 0.3) is 0 Å². The van der Waals surface area contributed by atoms with Crippen LogP contribution in [0.2, 0.25) is 5.15 Å². The summed E-state index contributed by atoms with van der Waals surface area (Å²) in [6, 6.07) is 2.05. The Morgan fingerprint density at radius 2 is 2.27 bits per heavy atom. The molecule has 6 heteroatoms. The lowest BCUT2D eigenvalue weighted by molar-refractivity contribution is 0.0328. The fraction of sp³-hybridized carbons (Fsp3) is 0.556. The molecule has 0 aliphatic heterocycles. The van der Waals surface area contributed by atoms with Gasteiger partial charge in [0.2, 0.25) is 5.95 Å². The summed E-state index contributed by atoms with van der Waals surface area (Å²) in [4.78, 5) is 7.82. The Morgan fingerprint density at radius 1 is 1.53 bits per heavy atom. The van der Waals surface area contributed by atoms with Crippen LogP contribution in [0.4, 0.5) is 11.8 Å². The average molecular weight is 229 g/mol. The summed E-state index contributed by atoms with van der Waals surface area (Å²) < 4.78 is 5.18. The van der Waals surface area contributed by atoms with E-state index in [2.05, 4.69) is 15.3 Å². The zero-order valence-electron chi connectivity index (χ0n) is 8.40. The van der Waals surface area contributed by atoms with Gasteiger partial charge in [0.05, 0.1) is 6.10 Å². The molecule has 1 aromatic rings. The van der Waals surface area contributed by atoms with Gasteiger partial charge in [-0.2, -0.15) is 4.98 Å². The third-order valence-electron chi connectivity index (χ3n) is 2.49. The van der Waals surface area contributed by atoms with Gasteiger partial charge in [-0.25, -0.2) is 4.98 Å². The highest BCUT2D eigenvalue weighted by Gasteiger charge is 2.29. The molecule has 0 amide bonds. The van der Waals surface area contributed by atoms with Crippen molar-refractivity contribution in [2.75, 3.05) is 18.2 Å². The zero-order chi connectivity index (χ0) is 10.8. The molecule has 0 bridgehead atoms. The van der Waals surface area contributed by atoms with Gasteiger partial charge in [0.25, 0.3) is 0 Å². The Labute approximate surface area is 93.0 Å². The van der Waals surface area contributed by atoms with Crippen molar-refractivity contribution in [1.82, 2.24) is 9.97 Å². The highest BCUT2D eigenvalue weighted by molar-refractivity contribution is 6.29.